The fourth-order valence-corrected chi connectivity index (χ4v) is 8.85. The minimum absolute atomic E-state index is 0.125. The van der Waals surface area contributed by atoms with Crippen molar-refractivity contribution in [1.29, 1.82) is 0 Å². The number of nitrogens with zero attached hydrogens (tertiary/aromatic N) is 5. The maximum absolute atomic E-state index is 13.3. The molecule has 2 atom stereocenters. The van der Waals surface area contributed by atoms with Gasteiger partial charge in [-0.05, 0) is 73.5 Å². The number of likely N-dealkylation sites (N-methyl/N-ethyl adjacent to an activating group) is 1. The van der Waals surface area contributed by atoms with Gasteiger partial charge in [0, 0.05) is 42.5 Å². The third kappa shape index (κ3) is 13.9. The zero-order chi connectivity index (χ0) is 53.3. The van der Waals surface area contributed by atoms with Crippen LogP contribution in [-0.2, 0) is 32.3 Å². The van der Waals surface area contributed by atoms with E-state index in [1.807, 2.05) is 86.6 Å². The van der Waals surface area contributed by atoms with E-state index in [1.165, 1.54) is 44.0 Å². The Labute approximate surface area is 444 Å². The van der Waals surface area contributed by atoms with Crippen LogP contribution in [0.3, 0.4) is 0 Å². The van der Waals surface area contributed by atoms with Crippen molar-refractivity contribution < 1.29 is 61.9 Å². The molecule has 22 heteroatoms. The molecule has 0 aliphatic carbocycles. The number of benzene rings is 4. The van der Waals surface area contributed by atoms with Crippen molar-refractivity contribution in [2.24, 2.45) is 0 Å². The smallest absolute Gasteiger partial charge is 0.279 e. The minimum atomic E-state index is -0.843. The number of hydrogen-bond donors (Lipinski definition) is 2. The first-order valence-electron chi connectivity index (χ1n) is 22.5. The number of carbonyl (C=O) groups is 2. The topological polar surface area (TPSA) is 220 Å². The van der Waals surface area contributed by atoms with E-state index in [4.69, 9.17) is 70.4 Å². The Morgan fingerprint density at radius 2 is 1.05 bits per heavy atom. The molecule has 0 radical (unpaired) electrons. The highest BCUT2D eigenvalue weighted by Crippen LogP contribution is 2.41. The van der Waals surface area contributed by atoms with Crippen LogP contribution in [0.1, 0.15) is 57.8 Å². The molecular formula is C52H53Cl2N5O13S2. The number of halogens is 2. The fraction of sp³-hybridized carbons (Fsp3) is 0.269. The van der Waals surface area contributed by atoms with Gasteiger partial charge in [0.25, 0.3) is 5.91 Å². The summed E-state index contributed by atoms with van der Waals surface area (Å²) in [6.45, 7) is 4.13. The van der Waals surface area contributed by atoms with E-state index in [-0.39, 0.29) is 30.7 Å². The quantitative estimate of drug-likeness (QED) is 0.0535. The van der Waals surface area contributed by atoms with Crippen molar-refractivity contribution in [2.45, 2.75) is 39.3 Å². The average Bonchev–Trinajstić information content (AvgIpc) is 4.31. The number of aliphatic hydroxyl groups excluding tert-OH is 2. The molecule has 0 aliphatic heterocycles. The summed E-state index contributed by atoms with van der Waals surface area (Å²) in [4.78, 5) is 30.6. The number of amides is 1. The van der Waals surface area contributed by atoms with Gasteiger partial charge in [-0.25, -0.2) is 5.06 Å². The summed E-state index contributed by atoms with van der Waals surface area (Å²) in [5, 5.41) is 38.6. The highest BCUT2D eigenvalue weighted by Gasteiger charge is 2.27. The van der Waals surface area contributed by atoms with Crippen molar-refractivity contribution in [1.82, 2.24) is 25.5 Å². The van der Waals surface area contributed by atoms with E-state index in [2.05, 4.69) is 20.4 Å². The number of rotatable bonds is 20. The first-order valence-corrected chi connectivity index (χ1v) is 24.9. The number of hydrogen-bond acceptors (Lipinski definition) is 19. The summed E-state index contributed by atoms with van der Waals surface area (Å²) in [5.74, 6) is 2.76. The number of aromatic nitrogens is 4. The van der Waals surface area contributed by atoms with Crippen LogP contribution in [0.25, 0.3) is 43.8 Å². The highest BCUT2D eigenvalue weighted by atomic mass is 35.5. The number of ether oxygens (including phenoxy) is 6. The van der Waals surface area contributed by atoms with Crippen LogP contribution in [0.4, 0.5) is 0 Å². The van der Waals surface area contributed by atoms with Crippen LogP contribution in [0, 0.1) is 0 Å². The summed E-state index contributed by atoms with van der Waals surface area (Å²) in [5.41, 5.74) is 4.63. The Bertz CT molecular complexity index is 3010. The van der Waals surface area contributed by atoms with Gasteiger partial charge in [0.2, 0.25) is 5.78 Å². The van der Waals surface area contributed by atoms with Crippen LogP contribution in [0.5, 0.6) is 23.0 Å². The summed E-state index contributed by atoms with van der Waals surface area (Å²) < 4.78 is 43.5. The molecule has 2 N–H and O–H groups in total. The van der Waals surface area contributed by atoms with Crippen molar-refractivity contribution in [3.05, 3.63) is 140 Å². The third-order valence-electron chi connectivity index (χ3n) is 10.7. The number of hydroxylamine groups is 2. The molecule has 4 heterocycles. The number of furan rings is 2. The Balaban J connectivity index is 0.000000196. The summed E-state index contributed by atoms with van der Waals surface area (Å²) in [6.07, 6.45) is 0.0503. The molecule has 18 nitrogen and oxygen atoms in total. The SMILES string of the molecule is CCOC(C(=O)N(C)OC)c1ccc(-c2nnc(CO)s2)cc1.CCOC(C(=O)c1ccc(-c2cc(OC)c(Cl)c(OC)c2)o1)c1ccc(-c2nnc(CO)s2)cc1.COc1cc(-c2ccco2)cc(OC)c1Cl. The van der Waals surface area contributed by atoms with Crippen LogP contribution < -0.4 is 18.9 Å². The Morgan fingerprint density at radius 3 is 1.45 bits per heavy atom. The van der Waals surface area contributed by atoms with Gasteiger partial charge >= 0.3 is 0 Å². The molecule has 0 fully saturated rings. The molecule has 0 saturated heterocycles. The highest BCUT2D eigenvalue weighted by molar-refractivity contribution is 7.15. The van der Waals surface area contributed by atoms with Gasteiger partial charge in [-0.2, -0.15) is 0 Å². The lowest BCUT2D eigenvalue weighted by atomic mass is 10.0. The summed E-state index contributed by atoms with van der Waals surface area (Å²) in [7, 11) is 9.11. The van der Waals surface area contributed by atoms with Crippen LogP contribution in [0.2, 0.25) is 10.0 Å². The lowest BCUT2D eigenvalue weighted by Crippen LogP contribution is -2.32. The third-order valence-corrected chi connectivity index (χ3v) is 13.3. The monoisotopic (exact) mass is 1090 g/mol. The standard InChI is InChI=1S/C25H23ClN2O6S.C15H19N3O4S.C12H11ClO3/c1-4-33-24(14-5-7-15(8-6-14)25-28-27-21(13-29)35-25)23(30)18-10-9-17(34-18)16-11-19(31-2)22(26)20(12-16)32-3;1-4-22-13(15(20)18(2)21-3)10-5-7-11(8-6-10)14-17-16-12(9-19)23-14;1-14-10-6-8(9-4-3-5-16-9)7-11(15-2)12(10)13/h5-12,24,29H,4,13H2,1-3H3;5-8,13,19H,4,9H2,1-3H3;3-7H,1-2H3. The molecule has 0 aliphatic rings. The number of methoxy groups -OCH3 is 4. The molecule has 8 rings (SSSR count). The van der Waals surface area contributed by atoms with E-state index in [9.17, 15) is 14.7 Å². The second-order valence-corrected chi connectivity index (χ2v) is 18.0. The van der Waals surface area contributed by atoms with Crippen LogP contribution in [-0.4, -0.2) is 103 Å². The second-order valence-electron chi connectivity index (χ2n) is 15.1. The van der Waals surface area contributed by atoms with Gasteiger partial charge in [0.05, 0.1) is 55.0 Å². The Kier molecular flexibility index (Phi) is 21.1. The number of ketones is 1. The fourth-order valence-electron chi connectivity index (χ4n) is 6.91. The largest absolute Gasteiger partial charge is 0.495 e. The normalized spacial score (nSPS) is 11.6. The zero-order valence-corrected chi connectivity index (χ0v) is 44.6. The van der Waals surface area contributed by atoms with E-state index in [0.717, 1.165) is 33.1 Å². The van der Waals surface area contributed by atoms with E-state index < -0.39 is 12.2 Å². The maximum Gasteiger partial charge on any atom is 0.279 e. The average molecular weight is 1090 g/mol. The van der Waals surface area contributed by atoms with Crippen LogP contribution in [0.15, 0.2) is 112 Å². The molecule has 0 bridgehead atoms. The van der Waals surface area contributed by atoms with Gasteiger partial charge in [0.1, 0.15) is 70.7 Å². The van der Waals surface area contributed by atoms with Crippen LogP contribution >= 0.6 is 45.9 Å². The van der Waals surface area contributed by atoms with Gasteiger partial charge in [-0.3, -0.25) is 14.4 Å². The van der Waals surface area contributed by atoms with Gasteiger partial charge in [-0.1, -0.05) is 94.4 Å². The number of carbonyl (C=O) groups excluding carboxylic acids is 2. The molecule has 4 aromatic heterocycles. The zero-order valence-electron chi connectivity index (χ0n) is 41.5. The van der Waals surface area contributed by atoms with E-state index in [1.54, 1.807) is 51.8 Å². The Hall–Kier alpha value is -6.72. The first kappa shape index (κ1) is 56.6. The van der Waals surface area contributed by atoms with Crippen molar-refractivity contribution >= 4 is 57.6 Å². The van der Waals surface area contributed by atoms with Gasteiger partial charge in [-0.15, -0.1) is 20.4 Å². The van der Waals surface area contributed by atoms with E-state index >= 15 is 0 Å². The minimum Gasteiger partial charge on any atom is -0.495 e. The summed E-state index contributed by atoms with van der Waals surface area (Å²) in [6, 6.07) is 28.7. The first-order chi connectivity index (χ1) is 35.8. The molecule has 8 aromatic rings. The molecule has 74 heavy (non-hydrogen) atoms. The van der Waals surface area contributed by atoms with Crippen molar-refractivity contribution in [3.63, 3.8) is 0 Å². The maximum atomic E-state index is 13.3. The predicted molar refractivity (Wildman–Crippen MR) is 280 cm³/mol. The molecule has 0 saturated carbocycles. The molecule has 0 spiro atoms. The van der Waals surface area contributed by atoms with Crippen molar-refractivity contribution in [3.8, 4) is 66.8 Å². The number of Topliss-reactive ketones (excluding diaryl/α,β-unsaturated/α-hetero) is 1. The number of aliphatic hydroxyl groups is 2. The molecule has 2 unspecified atom stereocenters. The van der Waals surface area contributed by atoms with Gasteiger partial charge in [0.15, 0.2) is 11.9 Å². The van der Waals surface area contributed by atoms with E-state index in [0.29, 0.717) is 83.2 Å². The predicted octanol–water partition coefficient (Wildman–Crippen LogP) is 11.0. The molecule has 390 valence electrons. The van der Waals surface area contributed by atoms with Gasteiger partial charge < -0.3 is 47.5 Å². The molecule has 1 amide bonds. The Morgan fingerprint density at radius 1 is 0.608 bits per heavy atom. The molecule has 4 aromatic carbocycles. The lowest BCUT2D eigenvalue weighted by molar-refractivity contribution is -0.181. The van der Waals surface area contributed by atoms with Crippen molar-refractivity contribution in [2.75, 3.05) is 55.8 Å². The summed E-state index contributed by atoms with van der Waals surface area (Å²) >= 11 is 15.0. The lowest BCUT2D eigenvalue weighted by Gasteiger charge is -2.22. The molecular weight excluding hydrogens is 1040 g/mol. The second kappa shape index (κ2) is 27.5.